The lowest BCUT2D eigenvalue weighted by atomic mass is 9.97. The molecular formula is C26H26N6O. The van der Waals surface area contributed by atoms with Crippen molar-refractivity contribution in [2.75, 3.05) is 0 Å². The molecule has 0 aliphatic heterocycles. The molecule has 0 N–H and O–H groups in total. The first-order valence-electron chi connectivity index (χ1n) is 11.2. The van der Waals surface area contributed by atoms with Crippen LogP contribution in [-0.2, 0) is 13.1 Å². The summed E-state index contributed by atoms with van der Waals surface area (Å²) in [7, 11) is 0. The molecule has 166 valence electrons. The highest BCUT2D eigenvalue weighted by atomic mass is 16.1. The van der Waals surface area contributed by atoms with Gasteiger partial charge in [0, 0.05) is 24.5 Å². The molecule has 5 aromatic rings. The first-order chi connectivity index (χ1) is 16.1. The first kappa shape index (κ1) is 20.9. The maximum Gasteiger partial charge on any atom is 0.330 e. The average molecular weight is 439 g/mol. The number of hydrogen-bond donors (Lipinski definition) is 0. The van der Waals surface area contributed by atoms with E-state index < -0.39 is 0 Å². The fourth-order valence-electron chi connectivity index (χ4n) is 4.24. The van der Waals surface area contributed by atoms with E-state index in [0.717, 1.165) is 22.3 Å². The fraction of sp³-hybridized carbons (Fsp3) is 0.231. The number of benzene rings is 2. The predicted octanol–water partition coefficient (Wildman–Crippen LogP) is 4.64. The minimum Gasteiger partial charge on any atom is -0.289 e. The second-order valence-electron chi connectivity index (χ2n) is 8.37. The molecule has 3 aromatic heterocycles. The minimum atomic E-state index is -0.0766. The summed E-state index contributed by atoms with van der Waals surface area (Å²) in [5.41, 5.74) is 5.51. The van der Waals surface area contributed by atoms with Gasteiger partial charge < -0.3 is 0 Å². The second kappa shape index (κ2) is 8.50. The van der Waals surface area contributed by atoms with E-state index in [9.17, 15) is 4.79 Å². The van der Waals surface area contributed by atoms with E-state index in [0.29, 0.717) is 30.5 Å². The highest BCUT2D eigenvalue weighted by Crippen LogP contribution is 2.27. The number of fused-ring (bicyclic) bond motifs is 1. The Labute approximate surface area is 192 Å². The van der Waals surface area contributed by atoms with Gasteiger partial charge in [0.25, 0.3) is 0 Å². The molecule has 7 nitrogen and oxygen atoms in total. The van der Waals surface area contributed by atoms with Crippen molar-refractivity contribution in [3.8, 4) is 17.1 Å². The summed E-state index contributed by atoms with van der Waals surface area (Å²) in [6.45, 7) is 7.28. The van der Waals surface area contributed by atoms with Crippen LogP contribution in [0.5, 0.6) is 0 Å². The molecule has 0 bridgehead atoms. The first-order valence-corrected chi connectivity index (χ1v) is 11.2. The highest BCUT2D eigenvalue weighted by molar-refractivity contribution is 5.74. The van der Waals surface area contributed by atoms with Gasteiger partial charge in [-0.15, -0.1) is 0 Å². The van der Waals surface area contributed by atoms with Gasteiger partial charge in [0.1, 0.15) is 5.52 Å². The zero-order valence-corrected chi connectivity index (χ0v) is 19.0. The van der Waals surface area contributed by atoms with Crippen LogP contribution in [0.2, 0.25) is 0 Å². The van der Waals surface area contributed by atoms with Crippen molar-refractivity contribution in [3.05, 3.63) is 94.8 Å². The summed E-state index contributed by atoms with van der Waals surface area (Å²) >= 11 is 0. The molecule has 0 unspecified atom stereocenters. The number of imidazole rings is 1. The van der Waals surface area contributed by atoms with Crippen LogP contribution in [0, 0.1) is 0 Å². The highest BCUT2D eigenvalue weighted by Gasteiger charge is 2.17. The Kier molecular flexibility index (Phi) is 5.38. The van der Waals surface area contributed by atoms with Gasteiger partial charge in [-0.05, 0) is 42.2 Å². The molecule has 2 aromatic carbocycles. The van der Waals surface area contributed by atoms with Crippen molar-refractivity contribution in [2.45, 2.75) is 39.8 Å². The standard InChI is InChI=1S/C26H26N6O/c1-4-30-23-16-27-24(22-9-6-5-8-21(22)18(2)3)29-25(23)31(26(30)33)17-19-10-12-20(13-11-19)32-15-7-14-28-32/h5-16,18H,4,17H2,1-3H3. The quantitative estimate of drug-likeness (QED) is 0.387. The Morgan fingerprint density at radius 3 is 2.45 bits per heavy atom. The van der Waals surface area contributed by atoms with Crippen molar-refractivity contribution >= 4 is 11.2 Å². The molecule has 0 aliphatic rings. The molecule has 33 heavy (non-hydrogen) atoms. The average Bonchev–Trinajstić information content (AvgIpc) is 3.46. The molecule has 7 heteroatoms. The SMILES string of the molecule is CCn1c(=O)n(Cc2ccc(-n3cccn3)cc2)c2nc(-c3ccccc3C(C)C)ncc21. The molecule has 0 atom stereocenters. The summed E-state index contributed by atoms with van der Waals surface area (Å²) < 4.78 is 5.28. The monoisotopic (exact) mass is 438 g/mol. The lowest BCUT2D eigenvalue weighted by Crippen LogP contribution is -2.24. The Bertz CT molecular complexity index is 1460. The van der Waals surface area contributed by atoms with Crippen molar-refractivity contribution in [3.63, 3.8) is 0 Å². The van der Waals surface area contributed by atoms with Crippen molar-refractivity contribution in [1.29, 1.82) is 0 Å². The molecule has 0 fully saturated rings. The zero-order chi connectivity index (χ0) is 22.9. The molecule has 0 spiro atoms. The maximum absolute atomic E-state index is 13.2. The van der Waals surface area contributed by atoms with Crippen LogP contribution < -0.4 is 5.69 Å². The summed E-state index contributed by atoms with van der Waals surface area (Å²) in [4.78, 5) is 22.8. The van der Waals surface area contributed by atoms with E-state index in [2.05, 4.69) is 30.0 Å². The molecule has 0 saturated carbocycles. The van der Waals surface area contributed by atoms with Crippen molar-refractivity contribution in [2.24, 2.45) is 0 Å². The van der Waals surface area contributed by atoms with E-state index in [1.54, 1.807) is 21.5 Å². The number of hydrogen-bond acceptors (Lipinski definition) is 4. The third kappa shape index (κ3) is 3.75. The number of aromatic nitrogens is 6. The topological polar surface area (TPSA) is 70.5 Å². The van der Waals surface area contributed by atoms with E-state index in [1.807, 2.05) is 66.3 Å². The van der Waals surface area contributed by atoms with Crippen LogP contribution in [0.1, 0.15) is 37.8 Å². The van der Waals surface area contributed by atoms with Gasteiger partial charge in [0.15, 0.2) is 11.5 Å². The second-order valence-corrected chi connectivity index (χ2v) is 8.37. The third-order valence-corrected chi connectivity index (χ3v) is 5.94. The molecule has 5 rings (SSSR count). The Balaban J connectivity index is 1.59. The largest absolute Gasteiger partial charge is 0.330 e. The Morgan fingerprint density at radius 2 is 1.76 bits per heavy atom. The third-order valence-electron chi connectivity index (χ3n) is 5.94. The molecule has 0 radical (unpaired) electrons. The van der Waals surface area contributed by atoms with Crippen LogP contribution >= 0.6 is 0 Å². The van der Waals surface area contributed by atoms with E-state index in [-0.39, 0.29) is 5.69 Å². The van der Waals surface area contributed by atoms with E-state index in [1.165, 1.54) is 5.56 Å². The Morgan fingerprint density at radius 1 is 0.970 bits per heavy atom. The van der Waals surface area contributed by atoms with Gasteiger partial charge in [-0.1, -0.05) is 50.2 Å². The lowest BCUT2D eigenvalue weighted by Gasteiger charge is -2.11. The van der Waals surface area contributed by atoms with Gasteiger partial charge in [-0.2, -0.15) is 5.10 Å². The lowest BCUT2D eigenvalue weighted by molar-refractivity contribution is 0.682. The number of nitrogens with zero attached hydrogens (tertiary/aromatic N) is 6. The maximum atomic E-state index is 13.2. The van der Waals surface area contributed by atoms with Gasteiger partial charge in [0.2, 0.25) is 0 Å². The molecule has 0 aliphatic carbocycles. The predicted molar refractivity (Wildman–Crippen MR) is 130 cm³/mol. The van der Waals surface area contributed by atoms with Gasteiger partial charge in [-0.3, -0.25) is 9.13 Å². The number of rotatable bonds is 6. The minimum absolute atomic E-state index is 0.0766. The smallest absolute Gasteiger partial charge is 0.289 e. The molecule has 3 heterocycles. The van der Waals surface area contributed by atoms with E-state index in [4.69, 9.17) is 4.98 Å². The molecular weight excluding hydrogens is 412 g/mol. The zero-order valence-electron chi connectivity index (χ0n) is 19.0. The van der Waals surface area contributed by atoms with Crippen molar-refractivity contribution < 1.29 is 0 Å². The normalized spacial score (nSPS) is 11.5. The summed E-state index contributed by atoms with van der Waals surface area (Å²) in [5.74, 6) is 0.985. The van der Waals surface area contributed by atoms with Crippen LogP contribution in [0.4, 0.5) is 0 Å². The summed E-state index contributed by atoms with van der Waals surface area (Å²) in [6.07, 6.45) is 5.43. The van der Waals surface area contributed by atoms with Crippen LogP contribution in [0.3, 0.4) is 0 Å². The Hall–Kier alpha value is -4.00. The van der Waals surface area contributed by atoms with Crippen LogP contribution in [0.15, 0.2) is 78.0 Å². The van der Waals surface area contributed by atoms with Gasteiger partial charge >= 0.3 is 5.69 Å². The van der Waals surface area contributed by atoms with Crippen LogP contribution in [-0.4, -0.2) is 28.9 Å². The van der Waals surface area contributed by atoms with Crippen LogP contribution in [0.25, 0.3) is 28.2 Å². The number of aryl methyl sites for hydroxylation is 1. The van der Waals surface area contributed by atoms with Crippen molar-refractivity contribution in [1.82, 2.24) is 28.9 Å². The molecule has 0 amide bonds. The fourth-order valence-corrected chi connectivity index (χ4v) is 4.24. The molecule has 0 saturated heterocycles. The summed E-state index contributed by atoms with van der Waals surface area (Å²) in [5, 5.41) is 4.27. The van der Waals surface area contributed by atoms with Gasteiger partial charge in [-0.25, -0.2) is 19.4 Å². The van der Waals surface area contributed by atoms with E-state index >= 15 is 0 Å². The van der Waals surface area contributed by atoms with Gasteiger partial charge in [0.05, 0.1) is 18.4 Å². The summed E-state index contributed by atoms with van der Waals surface area (Å²) in [6, 6.07) is 18.1.